The fraction of sp³-hybridized carbons (Fsp3) is 0.421. The van der Waals surface area contributed by atoms with Gasteiger partial charge in [-0.05, 0) is 42.1 Å². The number of aliphatic carboxylic acids is 1. The number of pyridine rings is 2. The van der Waals surface area contributed by atoms with E-state index in [-0.39, 0.29) is 12.3 Å². The molecule has 0 bridgehead atoms. The molecular formula is C19H27N5O2. The number of anilines is 2. The first-order chi connectivity index (χ1) is 12.6. The molecule has 0 fully saturated rings. The van der Waals surface area contributed by atoms with Gasteiger partial charge >= 0.3 is 5.97 Å². The molecule has 4 N–H and O–H groups in total. The van der Waals surface area contributed by atoms with Gasteiger partial charge in [0, 0.05) is 38.7 Å². The van der Waals surface area contributed by atoms with Crippen LogP contribution >= 0.6 is 0 Å². The van der Waals surface area contributed by atoms with Crippen LogP contribution in [0.15, 0.2) is 36.8 Å². The van der Waals surface area contributed by atoms with E-state index in [1.165, 1.54) is 0 Å². The number of carboxylic acids is 1. The maximum Gasteiger partial charge on any atom is 0.307 e. The predicted octanol–water partition coefficient (Wildman–Crippen LogP) is 2.34. The number of aromatic nitrogens is 2. The number of rotatable bonds is 11. The molecule has 0 spiro atoms. The summed E-state index contributed by atoms with van der Waals surface area (Å²) in [4.78, 5) is 19.2. The fourth-order valence-corrected chi connectivity index (χ4v) is 2.67. The van der Waals surface area contributed by atoms with Crippen LogP contribution in [-0.2, 0) is 11.2 Å². The highest BCUT2D eigenvalue weighted by atomic mass is 16.4. The minimum Gasteiger partial charge on any atom is -0.481 e. The Morgan fingerprint density at radius 3 is 2.92 bits per heavy atom. The number of hydrogen-bond acceptors (Lipinski definition) is 6. The van der Waals surface area contributed by atoms with E-state index in [0.29, 0.717) is 0 Å². The lowest BCUT2D eigenvalue weighted by atomic mass is 10.0. The fourth-order valence-electron chi connectivity index (χ4n) is 2.67. The summed E-state index contributed by atoms with van der Waals surface area (Å²) in [6.45, 7) is 4.70. The van der Waals surface area contributed by atoms with Gasteiger partial charge in [-0.15, -0.1) is 0 Å². The van der Waals surface area contributed by atoms with Crippen LogP contribution in [0.1, 0.15) is 30.4 Å². The normalized spacial score (nSPS) is 11.8. The largest absolute Gasteiger partial charge is 0.481 e. The quantitative estimate of drug-likeness (QED) is 0.458. The van der Waals surface area contributed by atoms with E-state index < -0.39 is 5.97 Å². The molecular weight excluding hydrogens is 330 g/mol. The van der Waals surface area contributed by atoms with Gasteiger partial charge in [-0.25, -0.2) is 4.98 Å². The van der Waals surface area contributed by atoms with Gasteiger partial charge < -0.3 is 21.1 Å². The number of carboxylic acid groups (broad SMARTS) is 1. The van der Waals surface area contributed by atoms with Crippen molar-refractivity contribution in [3.63, 3.8) is 0 Å². The molecule has 2 heterocycles. The molecule has 0 amide bonds. The van der Waals surface area contributed by atoms with Crippen molar-refractivity contribution in [2.24, 2.45) is 0 Å². The second kappa shape index (κ2) is 10.4. The predicted molar refractivity (Wildman–Crippen MR) is 104 cm³/mol. The van der Waals surface area contributed by atoms with Crippen LogP contribution < -0.4 is 16.0 Å². The van der Waals surface area contributed by atoms with Gasteiger partial charge in [0.15, 0.2) is 0 Å². The molecule has 0 aliphatic carbocycles. The summed E-state index contributed by atoms with van der Waals surface area (Å²) in [5.41, 5.74) is 2.80. The van der Waals surface area contributed by atoms with Crippen molar-refractivity contribution in [2.45, 2.75) is 25.7 Å². The van der Waals surface area contributed by atoms with Gasteiger partial charge in [0.2, 0.25) is 0 Å². The van der Waals surface area contributed by atoms with Crippen molar-refractivity contribution >= 4 is 17.5 Å². The first-order valence-corrected chi connectivity index (χ1v) is 8.83. The molecule has 0 saturated heterocycles. The van der Waals surface area contributed by atoms with Gasteiger partial charge in [-0.3, -0.25) is 9.78 Å². The van der Waals surface area contributed by atoms with Crippen molar-refractivity contribution in [3.8, 4) is 0 Å². The molecule has 2 aromatic heterocycles. The van der Waals surface area contributed by atoms with E-state index in [9.17, 15) is 4.79 Å². The molecule has 140 valence electrons. The molecule has 26 heavy (non-hydrogen) atoms. The lowest BCUT2D eigenvalue weighted by molar-refractivity contribution is -0.136. The minimum atomic E-state index is -0.836. The molecule has 0 aromatic carbocycles. The SMILES string of the molecule is CNc1ncccc1NCCCNCC(C)c1cncc(CC(=O)O)c1. The Bertz CT molecular complexity index is 708. The topological polar surface area (TPSA) is 99.2 Å². The van der Waals surface area contributed by atoms with Crippen LogP contribution in [0.4, 0.5) is 11.5 Å². The van der Waals surface area contributed by atoms with E-state index in [2.05, 4.69) is 32.8 Å². The lowest BCUT2D eigenvalue weighted by Crippen LogP contribution is -2.23. The van der Waals surface area contributed by atoms with Crippen LogP contribution in [0.3, 0.4) is 0 Å². The smallest absolute Gasteiger partial charge is 0.307 e. The molecule has 0 aliphatic heterocycles. The Hall–Kier alpha value is -2.67. The number of nitrogens with one attached hydrogen (secondary N) is 3. The summed E-state index contributed by atoms with van der Waals surface area (Å²) in [6, 6.07) is 5.85. The summed E-state index contributed by atoms with van der Waals surface area (Å²) in [7, 11) is 1.86. The Kier molecular flexibility index (Phi) is 7.82. The zero-order valence-corrected chi connectivity index (χ0v) is 15.3. The average molecular weight is 357 g/mol. The highest BCUT2D eigenvalue weighted by molar-refractivity contribution is 5.70. The summed E-state index contributed by atoms with van der Waals surface area (Å²) in [6.07, 6.45) is 6.18. The van der Waals surface area contributed by atoms with E-state index in [4.69, 9.17) is 5.11 Å². The lowest BCUT2D eigenvalue weighted by Gasteiger charge is -2.14. The van der Waals surface area contributed by atoms with Gasteiger partial charge in [0.05, 0.1) is 12.1 Å². The summed E-state index contributed by atoms with van der Waals surface area (Å²) in [5, 5.41) is 18.8. The van der Waals surface area contributed by atoms with E-state index in [1.807, 2.05) is 25.2 Å². The van der Waals surface area contributed by atoms with Gasteiger partial charge in [0.1, 0.15) is 5.82 Å². The van der Waals surface area contributed by atoms with E-state index >= 15 is 0 Å². The summed E-state index contributed by atoms with van der Waals surface area (Å²) >= 11 is 0. The first-order valence-electron chi connectivity index (χ1n) is 8.83. The molecule has 1 atom stereocenters. The third-order valence-corrected chi connectivity index (χ3v) is 4.08. The maximum absolute atomic E-state index is 10.8. The zero-order valence-electron chi connectivity index (χ0n) is 15.3. The molecule has 0 saturated carbocycles. The number of nitrogens with zero attached hydrogens (tertiary/aromatic N) is 2. The number of carbonyl (C=O) groups is 1. The van der Waals surface area contributed by atoms with E-state index in [0.717, 1.165) is 48.7 Å². The highest BCUT2D eigenvalue weighted by Gasteiger charge is 2.08. The number of hydrogen-bond donors (Lipinski definition) is 4. The molecule has 2 rings (SSSR count). The van der Waals surface area contributed by atoms with E-state index in [1.54, 1.807) is 18.6 Å². The summed E-state index contributed by atoms with van der Waals surface area (Å²) < 4.78 is 0. The van der Waals surface area contributed by atoms with Crippen molar-refractivity contribution in [3.05, 3.63) is 47.9 Å². The van der Waals surface area contributed by atoms with Gasteiger partial charge in [-0.1, -0.05) is 13.0 Å². The summed E-state index contributed by atoms with van der Waals surface area (Å²) in [5.74, 6) is 0.290. The van der Waals surface area contributed by atoms with Crippen molar-refractivity contribution in [1.29, 1.82) is 0 Å². The third-order valence-electron chi connectivity index (χ3n) is 4.08. The molecule has 1 unspecified atom stereocenters. The Morgan fingerprint density at radius 2 is 2.15 bits per heavy atom. The van der Waals surface area contributed by atoms with Crippen LogP contribution in [0, 0.1) is 0 Å². The third kappa shape index (κ3) is 6.33. The zero-order chi connectivity index (χ0) is 18.8. The standard InChI is InChI=1S/C19H27N5O2/c1-14(16-9-15(10-18(25)26)12-22-13-16)11-21-6-4-8-23-17-5-3-7-24-19(17)20-2/h3,5,7,9,12-14,21,23H,4,6,8,10-11H2,1-2H3,(H,20,24)(H,25,26). The second-order valence-electron chi connectivity index (χ2n) is 6.23. The molecule has 0 radical (unpaired) electrons. The van der Waals surface area contributed by atoms with Crippen molar-refractivity contribution in [1.82, 2.24) is 15.3 Å². The highest BCUT2D eigenvalue weighted by Crippen LogP contribution is 2.17. The van der Waals surface area contributed by atoms with Crippen molar-refractivity contribution < 1.29 is 9.90 Å². The van der Waals surface area contributed by atoms with Crippen molar-refractivity contribution in [2.75, 3.05) is 37.3 Å². The molecule has 2 aromatic rings. The molecule has 7 heteroatoms. The Balaban J connectivity index is 1.68. The Labute approximate surface area is 154 Å². The molecule has 0 aliphatic rings. The molecule has 7 nitrogen and oxygen atoms in total. The van der Waals surface area contributed by atoms with Crippen LogP contribution in [0.5, 0.6) is 0 Å². The first kappa shape index (κ1) is 19.7. The van der Waals surface area contributed by atoms with Gasteiger partial charge in [0.25, 0.3) is 0 Å². The maximum atomic E-state index is 10.8. The monoisotopic (exact) mass is 357 g/mol. The van der Waals surface area contributed by atoms with Crippen LogP contribution in [-0.4, -0.2) is 47.7 Å². The Morgan fingerprint density at radius 1 is 1.31 bits per heavy atom. The second-order valence-corrected chi connectivity index (χ2v) is 6.23. The van der Waals surface area contributed by atoms with Crippen LogP contribution in [0.25, 0.3) is 0 Å². The average Bonchev–Trinajstić information content (AvgIpc) is 2.64. The van der Waals surface area contributed by atoms with Gasteiger partial charge in [-0.2, -0.15) is 0 Å². The minimum absolute atomic E-state index is 0.00953. The van der Waals surface area contributed by atoms with Crippen LogP contribution in [0.2, 0.25) is 0 Å².